The molecule has 0 N–H and O–H groups in total. The molecule has 0 saturated carbocycles. The fourth-order valence-electron chi connectivity index (χ4n) is 1.15. The van der Waals surface area contributed by atoms with Gasteiger partial charge in [-0.05, 0) is 6.42 Å². The number of rotatable bonds is 2. The molecule has 0 aromatic heterocycles. The lowest BCUT2D eigenvalue weighted by atomic mass is 9.94. The van der Waals surface area contributed by atoms with E-state index in [4.69, 9.17) is 15.3 Å². The van der Waals surface area contributed by atoms with Crippen LogP contribution in [-0.4, -0.2) is 19.0 Å². The second-order valence-electron chi connectivity index (χ2n) is 2.65. The topological polar surface area (TPSA) is 73.9 Å². The van der Waals surface area contributed by atoms with Gasteiger partial charge in [0.15, 0.2) is 11.7 Å². The summed E-state index contributed by atoms with van der Waals surface area (Å²) >= 11 is 0. The summed E-state index contributed by atoms with van der Waals surface area (Å²) in [5, 5.41) is 16.8. The van der Waals surface area contributed by atoms with Crippen LogP contribution < -0.4 is 0 Å². The fourth-order valence-corrected chi connectivity index (χ4v) is 1.15. The monoisotopic (exact) mass is 164 g/mol. The molecular formula is C8H8N2O2. The molecule has 0 bridgehead atoms. The summed E-state index contributed by atoms with van der Waals surface area (Å²) in [5.74, 6) is -1.65. The van der Waals surface area contributed by atoms with E-state index in [0.717, 1.165) is 0 Å². The molecule has 62 valence electrons. The number of hydrogen-bond donors (Lipinski definition) is 0. The van der Waals surface area contributed by atoms with E-state index in [1.165, 1.54) is 0 Å². The van der Waals surface area contributed by atoms with Gasteiger partial charge in [-0.2, -0.15) is 10.5 Å². The molecule has 1 aliphatic rings. The molecule has 0 radical (unpaired) electrons. The zero-order valence-corrected chi connectivity index (χ0v) is 6.49. The summed E-state index contributed by atoms with van der Waals surface area (Å²) in [5.41, 5.74) is 0. The van der Waals surface area contributed by atoms with Crippen molar-refractivity contribution in [3.05, 3.63) is 0 Å². The predicted octanol–water partition coefficient (Wildman–Crippen LogP) is 0.255. The van der Waals surface area contributed by atoms with E-state index in [1.807, 2.05) is 0 Å². The molecule has 1 fully saturated rings. The van der Waals surface area contributed by atoms with Gasteiger partial charge in [0.1, 0.15) is 0 Å². The smallest absolute Gasteiger partial charge is 0.191 e. The van der Waals surface area contributed by atoms with Crippen LogP contribution in [0.5, 0.6) is 0 Å². The van der Waals surface area contributed by atoms with Gasteiger partial charge < -0.3 is 4.74 Å². The number of carbonyl (C=O) groups excluding carboxylic acids is 1. The number of hydrogen-bond acceptors (Lipinski definition) is 4. The number of nitriles is 2. The number of ketones is 1. The molecule has 0 amide bonds. The lowest BCUT2D eigenvalue weighted by molar-refractivity contribution is -0.123. The van der Waals surface area contributed by atoms with E-state index in [1.54, 1.807) is 12.1 Å². The summed E-state index contributed by atoms with van der Waals surface area (Å²) in [6, 6.07) is 3.32. The Bertz CT molecular complexity index is 241. The minimum atomic E-state index is -1.11. The highest BCUT2D eigenvalue weighted by molar-refractivity contribution is 5.88. The lowest BCUT2D eigenvalue weighted by Crippen LogP contribution is -2.21. The third-order valence-corrected chi connectivity index (χ3v) is 1.87. The van der Waals surface area contributed by atoms with Gasteiger partial charge in [0.05, 0.1) is 18.7 Å². The van der Waals surface area contributed by atoms with E-state index in [-0.39, 0.29) is 11.7 Å². The molecule has 0 aromatic rings. The first kappa shape index (κ1) is 8.70. The molecule has 0 aliphatic carbocycles. The quantitative estimate of drug-likeness (QED) is 0.586. The second-order valence-corrected chi connectivity index (χ2v) is 2.65. The minimum absolute atomic E-state index is 0.241. The predicted molar refractivity (Wildman–Crippen MR) is 38.6 cm³/mol. The average Bonchev–Trinajstić information content (AvgIpc) is 2.58. The van der Waals surface area contributed by atoms with Gasteiger partial charge in [0.2, 0.25) is 0 Å². The molecule has 1 rings (SSSR count). The van der Waals surface area contributed by atoms with Gasteiger partial charge in [0, 0.05) is 12.5 Å². The number of ether oxygens (including phenoxy) is 1. The van der Waals surface area contributed by atoms with Crippen LogP contribution in [0.15, 0.2) is 0 Å². The molecule has 1 heterocycles. The van der Waals surface area contributed by atoms with Gasteiger partial charge in [-0.15, -0.1) is 0 Å². The molecule has 1 aliphatic heterocycles. The van der Waals surface area contributed by atoms with Crippen LogP contribution in [0.3, 0.4) is 0 Å². The van der Waals surface area contributed by atoms with Crippen LogP contribution in [0.1, 0.15) is 6.42 Å². The lowest BCUT2D eigenvalue weighted by Gasteiger charge is -2.04. The van der Waals surface area contributed by atoms with E-state index in [9.17, 15) is 4.79 Å². The number of Topliss-reactive ketones (excluding diaryl/α,β-unsaturated/α-hetero) is 1. The third kappa shape index (κ3) is 1.61. The highest BCUT2D eigenvalue weighted by Gasteiger charge is 2.29. The Balaban J connectivity index is 2.58. The number of nitrogens with zero attached hydrogens (tertiary/aromatic N) is 2. The molecule has 0 spiro atoms. The van der Waals surface area contributed by atoms with E-state index >= 15 is 0 Å². The van der Waals surface area contributed by atoms with E-state index in [2.05, 4.69) is 0 Å². The highest BCUT2D eigenvalue weighted by atomic mass is 16.5. The Hall–Kier alpha value is -1.39. The van der Waals surface area contributed by atoms with Crippen molar-refractivity contribution in [2.24, 2.45) is 11.8 Å². The molecule has 0 aromatic carbocycles. The van der Waals surface area contributed by atoms with Crippen molar-refractivity contribution in [2.75, 3.05) is 13.2 Å². The van der Waals surface area contributed by atoms with E-state index < -0.39 is 5.92 Å². The molecule has 1 atom stereocenters. The molecule has 1 unspecified atom stereocenters. The van der Waals surface area contributed by atoms with Crippen LogP contribution in [0.4, 0.5) is 0 Å². The zero-order valence-electron chi connectivity index (χ0n) is 6.49. The zero-order chi connectivity index (χ0) is 8.97. The molecule has 12 heavy (non-hydrogen) atoms. The van der Waals surface area contributed by atoms with Gasteiger partial charge in [-0.1, -0.05) is 0 Å². The number of carbonyl (C=O) groups is 1. The van der Waals surface area contributed by atoms with Crippen LogP contribution in [0, 0.1) is 34.5 Å². The molecule has 4 nitrogen and oxygen atoms in total. The summed E-state index contributed by atoms with van der Waals surface area (Å²) in [6.07, 6.45) is 0.638. The van der Waals surface area contributed by atoms with Gasteiger partial charge >= 0.3 is 0 Å². The van der Waals surface area contributed by atoms with Crippen molar-refractivity contribution in [3.63, 3.8) is 0 Å². The maximum atomic E-state index is 11.3. The minimum Gasteiger partial charge on any atom is -0.381 e. The first-order valence-corrected chi connectivity index (χ1v) is 3.70. The van der Waals surface area contributed by atoms with Crippen molar-refractivity contribution in [2.45, 2.75) is 6.42 Å². The van der Waals surface area contributed by atoms with Gasteiger partial charge in [-0.25, -0.2) is 0 Å². The summed E-state index contributed by atoms with van der Waals surface area (Å²) in [6.45, 7) is 0.915. The fraction of sp³-hybridized carbons (Fsp3) is 0.625. The second kappa shape index (κ2) is 3.85. The van der Waals surface area contributed by atoms with Crippen molar-refractivity contribution >= 4 is 5.78 Å². The van der Waals surface area contributed by atoms with Crippen LogP contribution in [0.25, 0.3) is 0 Å². The largest absolute Gasteiger partial charge is 0.381 e. The molecular weight excluding hydrogens is 156 g/mol. The average molecular weight is 164 g/mol. The Morgan fingerprint density at radius 1 is 1.50 bits per heavy atom. The first-order valence-electron chi connectivity index (χ1n) is 3.70. The van der Waals surface area contributed by atoms with Crippen LogP contribution >= 0.6 is 0 Å². The Labute approximate surface area is 70.3 Å². The summed E-state index contributed by atoms with van der Waals surface area (Å²) in [7, 11) is 0. The summed E-state index contributed by atoms with van der Waals surface area (Å²) in [4.78, 5) is 11.3. The molecule has 4 heteroatoms. The normalized spacial score (nSPS) is 21.8. The van der Waals surface area contributed by atoms with Gasteiger partial charge in [0.25, 0.3) is 0 Å². The maximum absolute atomic E-state index is 11.3. The van der Waals surface area contributed by atoms with Crippen molar-refractivity contribution in [1.29, 1.82) is 10.5 Å². The third-order valence-electron chi connectivity index (χ3n) is 1.87. The van der Waals surface area contributed by atoms with Crippen molar-refractivity contribution in [3.8, 4) is 12.1 Å². The Morgan fingerprint density at radius 3 is 2.58 bits per heavy atom. The van der Waals surface area contributed by atoms with E-state index in [0.29, 0.717) is 19.6 Å². The Morgan fingerprint density at radius 2 is 2.17 bits per heavy atom. The van der Waals surface area contributed by atoms with Gasteiger partial charge in [-0.3, -0.25) is 4.79 Å². The SMILES string of the molecule is N#CC(C#N)C(=O)C1CCOC1. The van der Waals surface area contributed by atoms with Crippen LogP contribution in [-0.2, 0) is 9.53 Å². The Kier molecular flexibility index (Phi) is 2.79. The standard InChI is InChI=1S/C8H8N2O2/c9-3-7(4-10)8(11)6-1-2-12-5-6/h6-7H,1-2,5H2. The highest BCUT2D eigenvalue weighted by Crippen LogP contribution is 2.17. The summed E-state index contributed by atoms with van der Waals surface area (Å²) < 4.78 is 4.98. The van der Waals surface area contributed by atoms with Crippen LogP contribution in [0.2, 0.25) is 0 Å². The molecule has 1 saturated heterocycles. The van der Waals surface area contributed by atoms with Crippen molar-refractivity contribution < 1.29 is 9.53 Å². The van der Waals surface area contributed by atoms with Crippen molar-refractivity contribution in [1.82, 2.24) is 0 Å². The maximum Gasteiger partial charge on any atom is 0.191 e. The first-order chi connectivity index (χ1) is 5.79.